The summed E-state index contributed by atoms with van der Waals surface area (Å²) in [5.41, 5.74) is 2.79. The summed E-state index contributed by atoms with van der Waals surface area (Å²) >= 11 is 0. The second kappa shape index (κ2) is 7.18. The number of rotatable bonds is 5. The number of benzene rings is 2. The molecular formula is C19H18N4O3. The molecule has 0 bridgehead atoms. The van der Waals surface area contributed by atoms with Crippen LogP contribution in [0.2, 0.25) is 0 Å². The molecule has 2 aromatic carbocycles. The van der Waals surface area contributed by atoms with Crippen molar-refractivity contribution in [1.82, 2.24) is 9.78 Å². The summed E-state index contributed by atoms with van der Waals surface area (Å²) in [6.07, 6.45) is 1.78. The number of carbonyl (C=O) groups is 1. The van der Waals surface area contributed by atoms with Gasteiger partial charge in [-0.1, -0.05) is 35.9 Å². The molecule has 26 heavy (non-hydrogen) atoms. The summed E-state index contributed by atoms with van der Waals surface area (Å²) in [7, 11) is 0. The van der Waals surface area contributed by atoms with Crippen LogP contribution in [0, 0.1) is 24.0 Å². The van der Waals surface area contributed by atoms with E-state index in [0.717, 1.165) is 5.56 Å². The van der Waals surface area contributed by atoms with E-state index in [9.17, 15) is 14.9 Å². The molecule has 0 aliphatic heterocycles. The maximum atomic E-state index is 12.4. The Morgan fingerprint density at radius 2 is 1.96 bits per heavy atom. The van der Waals surface area contributed by atoms with Crippen molar-refractivity contribution in [3.63, 3.8) is 0 Å². The first kappa shape index (κ1) is 17.3. The Hall–Kier alpha value is -3.48. The molecule has 1 heterocycles. The van der Waals surface area contributed by atoms with Crippen molar-refractivity contribution in [3.05, 3.63) is 87.1 Å². The molecule has 1 N–H and O–H groups in total. The molecule has 7 heteroatoms. The Morgan fingerprint density at radius 3 is 2.69 bits per heavy atom. The minimum Gasteiger partial charge on any atom is -0.305 e. The van der Waals surface area contributed by atoms with Gasteiger partial charge in [0.25, 0.3) is 11.6 Å². The number of anilines is 1. The van der Waals surface area contributed by atoms with Gasteiger partial charge >= 0.3 is 0 Å². The van der Waals surface area contributed by atoms with Crippen molar-refractivity contribution in [3.8, 4) is 0 Å². The fourth-order valence-corrected chi connectivity index (χ4v) is 2.76. The molecule has 0 aliphatic carbocycles. The minimum atomic E-state index is -0.497. The van der Waals surface area contributed by atoms with E-state index in [2.05, 4.69) is 16.5 Å². The Bertz CT molecular complexity index is 978. The molecule has 132 valence electrons. The van der Waals surface area contributed by atoms with E-state index >= 15 is 0 Å². The highest BCUT2D eigenvalue weighted by molar-refractivity contribution is 6.05. The molecule has 0 atom stereocenters. The van der Waals surface area contributed by atoms with Gasteiger partial charge in [0.15, 0.2) is 5.82 Å². The van der Waals surface area contributed by atoms with Gasteiger partial charge in [-0.2, -0.15) is 5.10 Å². The molecule has 1 aromatic heterocycles. The Labute approximate surface area is 150 Å². The van der Waals surface area contributed by atoms with E-state index in [-0.39, 0.29) is 11.3 Å². The number of nitro groups is 1. The fourth-order valence-electron chi connectivity index (χ4n) is 2.76. The average molecular weight is 350 g/mol. The largest absolute Gasteiger partial charge is 0.305 e. The molecule has 0 unspecified atom stereocenters. The van der Waals surface area contributed by atoms with E-state index in [4.69, 9.17) is 0 Å². The quantitative estimate of drug-likeness (QED) is 0.561. The SMILES string of the molecule is Cc1cccc(Cn2ccc(NC(=O)c3cccc([N+](=O)[O-])c3C)n2)c1. The second-order valence-corrected chi connectivity index (χ2v) is 6.05. The number of nitro benzene ring substituents is 1. The van der Waals surface area contributed by atoms with Gasteiger partial charge in [-0.25, -0.2) is 0 Å². The van der Waals surface area contributed by atoms with Crippen molar-refractivity contribution in [1.29, 1.82) is 0 Å². The summed E-state index contributed by atoms with van der Waals surface area (Å²) in [5, 5.41) is 18.0. The van der Waals surface area contributed by atoms with E-state index < -0.39 is 10.8 Å². The van der Waals surface area contributed by atoms with Gasteiger partial charge in [0.05, 0.1) is 11.5 Å². The van der Waals surface area contributed by atoms with E-state index in [0.29, 0.717) is 17.9 Å². The monoisotopic (exact) mass is 350 g/mol. The standard InChI is InChI=1S/C19H18N4O3/c1-13-5-3-6-15(11-13)12-22-10-9-18(21-22)20-19(24)16-7-4-8-17(14(16)2)23(25)26/h3-11H,12H2,1-2H3,(H,20,21,24). The number of hydrogen-bond acceptors (Lipinski definition) is 4. The van der Waals surface area contributed by atoms with Gasteiger partial charge in [0, 0.05) is 29.5 Å². The second-order valence-electron chi connectivity index (χ2n) is 6.05. The minimum absolute atomic E-state index is 0.0809. The summed E-state index contributed by atoms with van der Waals surface area (Å²) in [5.74, 6) is -0.0273. The zero-order valence-corrected chi connectivity index (χ0v) is 14.5. The lowest BCUT2D eigenvalue weighted by Crippen LogP contribution is -2.15. The summed E-state index contributed by atoms with van der Waals surface area (Å²) in [4.78, 5) is 23.0. The smallest absolute Gasteiger partial charge is 0.273 e. The average Bonchev–Trinajstić information content (AvgIpc) is 3.01. The van der Waals surface area contributed by atoms with Crippen LogP contribution in [0.15, 0.2) is 54.7 Å². The topological polar surface area (TPSA) is 90.1 Å². The molecule has 3 rings (SSSR count). The predicted molar refractivity (Wildman–Crippen MR) is 98.3 cm³/mol. The molecule has 0 saturated carbocycles. The first-order chi connectivity index (χ1) is 12.4. The van der Waals surface area contributed by atoms with Gasteiger partial charge < -0.3 is 5.32 Å². The van der Waals surface area contributed by atoms with Gasteiger partial charge in [0.1, 0.15) is 0 Å². The lowest BCUT2D eigenvalue weighted by molar-refractivity contribution is -0.385. The van der Waals surface area contributed by atoms with Crippen LogP contribution in [0.5, 0.6) is 0 Å². The van der Waals surface area contributed by atoms with Crippen LogP contribution < -0.4 is 5.32 Å². The van der Waals surface area contributed by atoms with Crippen LogP contribution in [0.4, 0.5) is 11.5 Å². The number of aryl methyl sites for hydroxylation is 1. The predicted octanol–water partition coefficient (Wildman–Crippen LogP) is 3.71. The third kappa shape index (κ3) is 3.77. The van der Waals surface area contributed by atoms with Crippen molar-refractivity contribution < 1.29 is 9.72 Å². The van der Waals surface area contributed by atoms with Gasteiger partial charge in [-0.15, -0.1) is 0 Å². The van der Waals surface area contributed by atoms with Gasteiger partial charge in [-0.05, 0) is 25.5 Å². The van der Waals surface area contributed by atoms with Gasteiger partial charge in [0.2, 0.25) is 0 Å². The number of amides is 1. The summed E-state index contributed by atoms with van der Waals surface area (Å²) in [6.45, 7) is 4.18. The van der Waals surface area contributed by atoms with Crippen LogP contribution in [0.3, 0.4) is 0 Å². The highest BCUT2D eigenvalue weighted by atomic mass is 16.6. The Balaban J connectivity index is 1.74. The lowest BCUT2D eigenvalue weighted by Gasteiger charge is -2.06. The molecule has 7 nitrogen and oxygen atoms in total. The molecule has 0 aliphatic rings. The molecule has 1 amide bonds. The van der Waals surface area contributed by atoms with E-state index in [1.807, 2.05) is 25.1 Å². The van der Waals surface area contributed by atoms with Crippen molar-refractivity contribution in [2.45, 2.75) is 20.4 Å². The first-order valence-electron chi connectivity index (χ1n) is 8.08. The normalized spacial score (nSPS) is 10.5. The lowest BCUT2D eigenvalue weighted by atomic mass is 10.1. The van der Waals surface area contributed by atoms with E-state index in [1.54, 1.807) is 29.9 Å². The van der Waals surface area contributed by atoms with Crippen molar-refractivity contribution >= 4 is 17.4 Å². The third-order valence-corrected chi connectivity index (χ3v) is 4.06. The number of carbonyl (C=O) groups excluding carboxylic acids is 1. The highest BCUT2D eigenvalue weighted by Gasteiger charge is 2.18. The Morgan fingerprint density at radius 1 is 1.19 bits per heavy atom. The van der Waals surface area contributed by atoms with Crippen LogP contribution in [-0.2, 0) is 6.54 Å². The zero-order valence-electron chi connectivity index (χ0n) is 14.5. The maximum absolute atomic E-state index is 12.4. The number of nitrogens with one attached hydrogen (secondary N) is 1. The Kier molecular flexibility index (Phi) is 4.79. The molecular weight excluding hydrogens is 332 g/mol. The van der Waals surface area contributed by atoms with E-state index in [1.165, 1.54) is 17.7 Å². The molecule has 0 saturated heterocycles. The maximum Gasteiger partial charge on any atom is 0.273 e. The molecule has 0 fully saturated rings. The zero-order chi connectivity index (χ0) is 18.7. The van der Waals surface area contributed by atoms with Crippen LogP contribution in [0.1, 0.15) is 27.0 Å². The molecule has 3 aromatic rings. The van der Waals surface area contributed by atoms with Crippen LogP contribution in [0.25, 0.3) is 0 Å². The summed E-state index contributed by atoms with van der Waals surface area (Å²) in [6, 6.07) is 14.2. The summed E-state index contributed by atoms with van der Waals surface area (Å²) < 4.78 is 1.73. The first-order valence-corrected chi connectivity index (χ1v) is 8.08. The van der Waals surface area contributed by atoms with Crippen molar-refractivity contribution in [2.75, 3.05) is 5.32 Å². The molecule has 0 radical (unpaired) electrons. The molecule has 0 spiro atoms. The number of nitrogens with zero attached hydrogens (tertiary/aromatic N) is 3. The number of hydrogen-bond donors (Lipinski definition) is 1. The number of aromatic nitrogens is 2. The highest BCUT2D eigenvalue weighted by Crippen LogP contribution is 2.21. The fraction of sp³-hybridized carbons (Fsp3) is 0.158. The van der Waals surface area contributed by atoms with Crippen LogP contribution in [-0.4, -0.2) is 20.6 Å². The van der Waals surface area contributed by atoms with Gasteiger partial charge in [-0.3, -0.25) is 19.6 Å². The van der Waals surface area contributed by atoms with Crippen molar-refractivity contribution in [2.24, 2.45) is 0 Å². The van der Waals surface area contributed by atoms with Crippen LogP contribution >= 0.6 is 0 Å². The third-order valence-electron chi connectivity index (χ3n) is 4.06.